The first-order chi connectivity index (χ1) is 10.0. The number of ketones is 1. The highest BCUT2D eigenvalue weighted by Crippen LogP contribution is 2.23. The SMILES string of the molecule is CCc1nn(C)c(CC(=O)CSc2ccc(F)cc2)c1Cl. The van der Waals surface area contributed by atoms with E-state index in [1.54, 1.807) is 23.9 Å². The number of hydrogen-bond donors (Lipinski definition) is 0. The van der Waals surface area contributed by atoms with Gasteiger partial charge in [-0.2, -0.15) is 5.10 Å². The van der Waals surface area contributed by atoms with Crippen molar-refractivity contribution in [3.8, 4) is 0 Å². The highest BCUT2D eigenvalue weighted by atomic mass is 35.5. The Morgan fingerprint density at radius 1 is 1.38 bits per heavy atom. The maximum atomic E-state index is 12.8. The number of aromatic nitrogens is 2. The standard InChI is InChI=1S/C15H16ClFN2OS/c1-3-13-15(16)14(19(2)18-13)8-11(20)9-21-12-6-4-10(17)5-7-12/h4-7H,3,8-9H2,1-2H3. The van der Waals surface area contributed by atoms with Crippen LogP contribution in [0.3, 0.4) is 0 Å². The minimum absolute atomic E-state index is 0.0666. The summed E-state index contributed by atoms with van der Waals surface area (Å²) in [5.41, 5.74) is 1.56. The van der Waals surface area contributed by atoms with Crippen LogP contribution in [0.1, 0.15) is 18.3 Å². The molecule has 2 rings (SSSR count). The number of nitrogens with zero attached hydrogens (tertiary/aromatic N) is 2. The number of Topliss-reactive ketones (excluding diaryl/α,β-unsaturated/α-hetero) is 1. The van der Waals surface area contributed by atoms with Gasteiger partial charge < -0.3 is 0 Å². The second kappa shape index (κ2) is 7.09. The molecule has 0 aliphatic carbocycles. The summed E-state index contributed by atoms with van der Waals surface area (Å²) in [6.07, 6.45) is 1.00. The summed E-state index contributed by atoms with van der Waals surface area (Å²) in [5, 5.41) is 4.88. The van der Waals surface area contributed by atoms with Crippen LogP contribution in [-0.2, 0) is 24.7 Å². The van der Waals surface area contributed by atoms with Crippen molar-refractivity contribution in [2.45, 2.75) is 24.7 Å². The average molecular weight is 327 g/mol. The second-order valence-electron chi connectivity index (χ2n) is 4.64. The molecule has 1 heterocycles. The van der Waals surface area contributed by atoms with Crippen molar-refractivity contribution in [3.05, 3.63) is 46.5 Å². The molecule has 0 aliphatic heterocycles. The van der Waals surface area contributed by atoms with Crippen LogP contribution in [0, 0.1) is 5.82 Å². The number of rotatable bonds is 6. The van der Waals surface area contributed by atoms with Crippen LogP contribution >= 0.6 is 23.4 Å². The molecule has 0 saturated heterocycles. The Morgan fingerprint density at radius 2 is 2.05 bits per heavy atom. The number of aryl methyl sites for hydroxylation is 2. The molecule has 0 unspecified atom stereocenters. The molecule has 0 radical (unpaired) electrons. The van der Waals surface area contributed by atoms with Crippen molar-refractivity contribution < 1.29 is 9.18 Å². The van der Waals surface area contributed by atoms with Crippen molar-refractivity contribution >= 4 is 29.1 Å². The summed E-state index contributed by atoms with van der Waals surface area (Å²) in [7, 11) is 1.79. The zero-order valence-electron chi connectivity index (χ0n) is 11.9. The molecule has 1 aromatic heterocycles. The van der Waals surface area contributed by atoms with E-state index in [0.717, 1.165) is 22.7 Å². The number of halogens is 2. The lowest BCUT2D eigenvalue weighted by Gasteiger charge is -2.03. The fourth-order valence-corrected chi connectivity index (χ4v) is 3.06. The largest absolute Gasteiger partial charge is 0.298 e. The van der Waals surface area contributed by atoms with E-state index in [0.29, 0.717) is 10.8 Å². The van der Waals surface area contributed by atoms with Crippen LogP contribution in [0.25, 0.3) is 0 Å². The number of benzene rings is 1. The van der Waals surface area contributed by atoms with E-state index in [4.69, 9.17) is 11.6 Å². The van der Waals surface area contributed by atoms with Gasteiger partial charge in [-0.1, -0.05) is 18.5 Å². The van der Waals surface area contributed by atoms with Crippen LogP contribution in [0.4, 0.5) is 4.39 Å². The molecule has 0 bridgehead atoms. The lowest BCUT2D eigenvalue weighted by molar-refractivity contribution is -0.116. The smallest absolute Gasteiger partial charge is 0.149 e. The van der Waals surface area contributed by atoms with Gasteiger partial charge in [-0.05, 0) is 30.7 Å². The van der Waals surface area contributed by atoms with E-state index in [1.165, 1.54) is 23.9 Å². The molecular weight excluding hydrogens is 311 g/mol. The number of carbonyl (C=O) groups excluding carboxylic acids is 1. The number of carbonyl (C=O) groups is 1. The third-order valence-corrected chi connectivity index (χ3v) is 4.59. The van der Waals surface area contributed by atoms with Crippen LogP contribution in [0.5, 0.6) is 0 Å². The van der Waals surface area contributed by atoms with Crippen LogP contribution in [0.2, 0.25) is 5.02 Å². The normalized spacial score (nSPS) is 10.9. The number of thioether (sulfide) groups is 1. The minimum Gasteiger partial charge on any atom is -0.298 e. The van der Waals surface area contributed by atoms with Gasteiger partial charge in [0.25, 0.3) is 0 Å². The fourth-order valence-electron chi connectivity index (χ4n) is 1.94. The van der Waals surface area contributed by atoms with Crippen LogP contribution in [-0.4, -0.2) is 21.3 Å². The predicted molar refractivity (Wildman–Crippen MR) is 83.4 cm³/mol. The molecule has 112 valence electrons. The topological polar surface area (TPSA) is 34.9 Å². The van der Waals surface area contributed by atoms with Crippen molar-refractivity contribution in [3.63, 3.8) is 0 Å². The summed E-state index contributed by atoms with van der Waals surface area (Å²) in [5.74, 6) is 0.116. The molecule has 1 aromatic carbocycles. The maximum Gasteiger partial charge on any atom is 0.149 e. The first-order valence-corrected chi connectivity index (χ1v) is 7.98. The van der Waals surface area contributed by atoms with Gasteiger partial charge >= 0.3 is 0 Å². The van der Waals surface area contributed by atoms with Crippen molar-refractivity contribution in [1.82, 2.24) is 9.78 Å². The van der Waals surface area contributed by atoms with Crippen molar-refractivity contribution in [2.24, 2.45) is 7.05 Å². The van der Waals surface area contributed by atoms with Gasteiger partial charge in [-0.3, -0.25) is 9.48 Å². The third-order valence-electron chi connectivity index (χ3n) is 3.08. The molecule has 0 fully saturated rings. The van der Waals surface area contributed by atoms with E-state index in [9.17, 15) is 9.18 Å². The molecule has 0 amide bonds. The van der Waals surface area contributed by atoms with Gasteiger partial charge in [0.15, 0.2) is 0 Å². The zero-order valence-corrected chi connectivity index (χ0v) is 13.5. The van der Waals surface area contributed by atoms with Crippen molar-refractivity contribution in [1.29, 1.82) is 0 Å². The molecule has 0 saturated carbocycles. The zero-order chi connectivity index (χ0) is 15.4. The summed E-state index contributed by atoms with van der Waals surface area (Å²) in [4.78, 5) is 12.9. The maximum absolute atomic E-state index is 12.8. The van der Waals surface area contributed by atoms with Gasteiger partial charge in [0, 0.05) is 11.9 Å². The first kappa shape index (κ1) is 16.0. The van der Waals surface area contributed by atoms with E-state index in [2.05, 4.69) is 5.10 Å². The molecule has 0 spiro atoms. The number of hydrogen-bond acceptors (Lipinski definition) is 3. The Bertz CT molecular complexity index is 640. The predicted octanol–water partition coefficient (Wildman–Crippen LogP) is 3.68. The van der Waals surface area contributed by atoms with E-state index in [1.807, 2.05) is 6.92 Å². The van der Waals surface area contributed by atoms with Gasteiger partial charge in [-0.25, -0.2) is 4.39 Å². The third kappa shape index (κ3) is 4.08. The minimum atomic E-state index is -0.278. The second-order valence-corrected chi connectivity index (χ2v) is 6.07. The molecule has 0 atom stereocenters. The highest BCUT2D eigenvalue weighted by molar-refractivity contribution is 8.00. The Labute approximate surface area is 132 Å². The summed E-state index contributed by atoms with van der Waals surface area (Å²) in [6.45, 7) is 1.98. The van der Waals surface area contributed by atoms with E-state index >= 15 is 0 Å². The molecule has 2 aromatic rings. The summed E-state index contributed by atoms with van der Waals surface area (Å²) in [6, 6.07) is 6.11. The molecule has 21 heavy (non-hydrogen) atoms. The molecule has 6 heteroatoms. The molecule has 0 N–H and O–H groups in total. The average Bonchev–Trinajstić information content (AvgIpc) is 2.74. The van der Waals surface area contributed by atoms with E-state index in [-0.39, 0.29) is 18.0 Å². The van der Waals surface area contributed by atoms with Crippen LogP contribution < -0.4 is 0 Å². The highest BCUT2D eigenvalue weighted by Gasteiger charge is 2.16. The van der Waals surface area contributed by atoms with Gasteiger partial charge in [-0.15, -0.1) is 11.8 Å². The molecular formula is C15H16ClFN2OS. The summed E-state index contributed by atoms with van der Waals surface area (Å²) >= 11 is 7.62. The Balaban J connectivity index is 1.96. The Kier molecular flexibility index (Phi) is 5.42. The Hall–Kier alpha value is -1.33. The van der Waals surface area contributed by atoms with Gasteiger partial charge in [0.05, 0.1) is 28.6 Å². The molecule has 0 aliphatic rings. The lowest BCUT2D eigenvalue weighted by Crippen LogP contribution is -2.10. The lowest BCUT2D eigenvalue weighted by atomic mass is 10.2. The van der Waals surface area contributed by atoms with Gasteiger partial charge in [0.2, 0.25) is 0 Å². The monoisotopic (exact) mass is 326 g/mol. The quantitative estimate of drug-likeness (QED) is 0.760. The molecule has 3 nitrogen and oxygen atoms in total. The van der Waals surface area contributed by atoms with Gasteiger partial charge in [0.1, 0.15) is 11.6 Å². The summed E-state index contributed by atoms with van der Waals surface area (Å²) < 4.78 is 14.5. The first-order valence-electron chi connectivity index (χ1n) is 6.61. The van der Waals surface area contributed by atoms with Crippen molar-refractivity contribution in [2.75, 3.05) is 5.75 Å². The van der Waals surface area contributed by atoms with Crippen LogP contribution in [0.15, 0.2) is 29.2 Å². The fraction of sp³-hybridized carbons (Fsp3) is 0.333. The van der Waals surface area contributed by atoms with E-state index < -0.39 is 0 Å². The Morgan fingerprint density at radius 3 is 2.62 bits per heavy atom.